The molecule has 4 aromatic rings. The summed E-state index contributed by atoms with van der Waals surface area (Å²) in [6, 6.07) is 11.5. The molecule has 0 aliphatic carbocycles. The predicted molar refractivity (Wildman–Crippen MR) is 143 cm³/mol. The second kappa shape index (κ2) is 13.1. The van der Waals surface area contributed by atoms with Gasteiger partial charge < -0.3 is 15.4 Å². The van der Waals surface area contributed by atoms with Gasteiger partial charge in [-0.3, -0.25) is 5.43 Å². The highest BCUT2D eigenvalue weighted by atomic mass is 35.5. The van der Waals surface area contributed by atoms with Gasteiger partial charge in [-0.05, 0) is 59.7 Å². The molecule has 2 aromatic heterocycles. The zero-order chi connectivity index (χ0) is 31.2. The fraction of sp³-hybridized carbons (Fsp3) is 0.154. The van der Waals surface area contributed by atoms with Crippen LogP contribution < -0.4 is 20.8 Å². The summed E-state index contributed by atoms with van der Waals surface area (Å²) in [4.78, 5) is 12.4. The van der Waals surface area contributed by atoms with E-state index in [0.717, 1.165) is 18.2 Å². The van der Waals surface area contributed by atoms with Crippen molar-refractivity contribution in [2.75, 3.05) is 16.1 Å². The number of halogens is 9. The number of alkyl halides is 7. The third-order valence-electron chi connectivity index (χ3n) is 5.29. The molecule has 2 aromatic carbocycles. The zero-order valence-electron chi connectivity index (χ0n) is 21.3. The predicted octanol–water partition coefficient (Wildman–Crippen LogP) is 7.72. The van der Waals surface area contributed by atoms with E-state index in [1.54, 1.807) is 12.1 Å². The molecule has 43 heavy (non-hydrogen) atoms. The molecule has 2 heterocycles. The number of hydrogen-bond acceptors (Lipinski definition) is 8. The number of nitrogens with zero attached hydrogens (tertiary/aromatic N) is 4. The van der Waals surface area contributed by atoms with Crippen LogP contribution in [0.3, 0.4) is 0 Å². The van der Waals surface area contributed by atoms with E-state index < -0.39 is 35.8 Å². The molecule has 0 fully saturated rings. The van der Waals surface area contributed by atoms with E-state index >= 15 is 0 Å². The van der Waals surface area contributed by atoms with E-state index in [1.165, 1.54) is 30.6 Å². The Kier molecular flexibility index (Phi) is 9.48. The Morgan fingerprint density at radius 2 is 1.65 bits per heavy atom. The summed E-state index contributed by atoms with van der Waals surface area (Å²) in [5.74, 6) is -1.87. The number of hydrogen-bond donors (Lipinski definition) is 3. The quantitative estimate of drug-likeness (QED) is 0.0675. The van der Waals surface area contributed by atoms with Gasteiger partial charge in [-0.25, -0.2) is 9.37 Å². The van der Waals surface area contributed by atoms with E-state index in [4.69, 9.17) is 11.6 Å². The zero-order valence-corrected chi connectivity index (χ0v) is 22.1. The maximum Gasteiger partial charge on any atom is 0.461 e. The van der Waals surface area contributed by atoms with Crippen molar-refractivity contribution >= 4 is 41.1 Å². The number of hydrazone groups is 1. The topological polar surface area (TPSA) is 96.4 Å². The maximum atomic E-state index is 13.7. The van der Waals surface area contributed by atoms with Crippen LogP contribution >= 0.6 is 11.6 Å². The van der Waals surface area contributed by atoms with Gasteiger partial charge in [-0.15, -0.1) is 0 Å². The maximum absolute atomic E-state index is 13.7. The van der Waals surface area contributed by atoms with Crippen LogP contribution in [0, 0.1) is 5.82 Å². The van der Waals surface area contributed by atoms with Crippen LogP contribution in [-0.4, -0.2) is 33.7 Å². The van der Waals surface area contributed by atoms with Gasteiger partial charge >= 0.3 is 18.7 Å². The number of pyridine rings is 1. The van der Waals surface area contributed by atoms with Crippen molar-refractivity contribution in [2.45, 2.75) is 25.3 Å². The molecule has 0 saturated carbocycles. The Balaban J connectivity index is 1.53. The SMILES string of the molecule is Fc1ccc(Nc2cc(N/N=C/c3ccc(OC(F)(F)C(F)F)cc3)nc(NCc3ccc(Cl)nc3)n2)cc1C(F)(F)F. The van der Waals surface area contributed by atoms with Gasteiger partial charge in [0, 0.05) is 24.5 Å². The largest absolute Gasteiger partial charge is 0.461 e. The molecule has 0 radical (unpaired) electrons. The fourth-order valence-corrected chi connectivity index (χ4v) is 3.42. The Bertz CT molecular complexity index is 1570. The minimum atomic E-state index is -4.93. The highest BCUT2D eigenvalue weighted by Crippen LogP contribution is 2.34. The average Bonchev–Trinajstić information content (AvgIpc) is 2.94. The summed E-state index contributed by atoms with van der Waals surface area (Å²) in [5.41, 5.74) is 2.06. The first-order valence-electron chi connectivity index (χ1n) is 11.9. The summed E-state index contributed by atoms with van der Waals surface area (Å²) in [7, 11) is 0. The Morgan fingerprint density at radius 3 is 2.30 bits per heavy atom. The van der Waals surface area contributed by atoms with Gasteiger partial charge in [0.2, 0.25) is 5.95 Å². The minimum Gasteiger partial charge on any atom is -0.428 e. The van der Waals surface area contributed by atoms with Gasteiger partial charge in [-0.1, -0.05) is 17.7 Å². The molecular formula is C26H18ClF8N7O. The summed E-state index contributed by atoms with van der Waals surface area (Å²) in [6.45, 7) is 0.185. The van der Waals surface area contributed by atoms with Gasteiger partial charge in [0.05, 0.1) is 11.8 Å². The molecule has 226 valence electrons. The molecule has 0 atom stereocenters. The van der Waals surface area contributed by atoms with Crippen molar-refractivity contribution in [1.29, 1.82) is 0 Å². The lowest BCUT2D eigenvalue weighted by atomic mass is 10.2. The lowest BCUT2D eigenvalue weighted by Crippen LogP contribution is -2.33. The van der Waals surface area contributed by atoms with E-state index in [9.17, 15) is 35.1 Å². The van der Waals surface area contributed by atoms with Crippen LogP contribution in [-0.2, 0) is 12.7 Å². The second-order valence-corrected chi connectivity index (χ2v) is 8.91. The third kappa shape index (κ3) is 8.88. The number of ether oxygens (including phenoxy) is 1. The van der Waals surface area contributed by atoms with Crippen molar-refractivity contribution < 1.29 is 39.9 Å². The monoisotopic (exact) mass is 631 g/mol. The molecule has 0 aliphatic heterocycles. The lowest BCUT2D eigenvalue weighted by molar-refractivity contribution is -0.253. The molecule has 0 unspecified atom stereocenters. The van der Waals surface area contributed by atoms with Crippen LogP contribution in [0.4, 0.5) is 58.4 Å². The van der Waals surface area contributed by atoms with Crippen molar-refractivity contribution in [1.82, 2.24) is 15.0 Å². The van der Waals surface area contributed by atoms with Gasteiger partial charge in [0.1, 0.15) is 22.5 Å². The summed E-state index contributed by atoms with van der Waals surface area (Å²) >= 11 is 5.79. The first kappa shape index (κ1) is 31.2. The summed E-state index contributed by atoms with van der Waals surface area (Å²) in [6.07, 6.45) is -10.9. The molecule has 0 bridgehead atoms. The van der Waals surface area contributed by atoms with Crippen LogP contribution in [0.1, 0.15) is 16.7 Å². The van der Waals surface area contributed by atoms with Gasteiger partial charge in [0.15, 0.2) is 5.82 Å². The molecule has 17 heteroatoms. The third-order valence-corrected chi connectivity index (χ3v) is 5.51. The van der Waals surface area contributed by atoms with Gasteiger partial charge in [0.25, 0.3) is 0 Å². The first-order chi connectivity index (χ1) is 20.3. The molecule has 3 N–H and O–H groups in total. The van der Waals surface area contributed by atoms with Crippen LogP contribution in [0.15, 0.2) is 72.0 Å². The second-order valence-electron chi connectivity index (χ2n) is 8.53. The molecular weight excluding hydrogens is 614 g/mol. The van der Waals surface area contributed by atoms with Crippen LogP contribution in [0.5, 0.6) is 5.75 Å². The van der Waals surface area contributed by atoms with Crippen molar-refractivity contribution in [2.24, 2.45) is 5.10 Å². The van der Waals surface area contributed by atoms with Crippen molar-refractivity contribution in [3.63, 3.8) is 0 Å². The number of anilines is 4. The van der Waals surface area contributed by atoms with E-state index in [-0.39, 0.29) is 35.0 Å². The normalized spacial score (nSPS) is 12.0. The molecule has 0 amide bonds. The Hall–Kier alpha value is -4.73. The van der Waals surface area contributed by atoms with Crippen molar-refractivity contribution in [3.8, 4) is 5.75 Å². The summed E-state index contributed by atoms with van der Waals surface area (Å²) in [5, 5.41) is 9.84. The van der Waals surface area contributed by atoms with E-state index in [1.807, 2.05) is 0 Å². The smallest absolute Gasteiger partial charge is 0.428 e. The van der Waals surface area contributed by atoms with Crippen LogP contribution in [0.25, 0.3) is 0 Å². The lowest BCUT2D eigenvalue weighted by Gasteiger charge is -2.16. The Morgan fingerprint density at radius 1 is 0.930 bits per heavy atom. The first-order valence-corrected chi connectivity index (χ1v) is 12.3. The molecule has 4 rings (SSSR count). The summed E-state index contributed by atoms with van der Waals surface area (Å²) < 4.78 is 108. The highest BCUT2D eigenvalue weighted by molar-refractivity contribution is 6.29. The van der Waals surface area contributed by atoms with Gasteiger partial charge in [-0.2, -0.15) is 45.8 Å². The Labute approximate surface area is 242 Å². The number of aromatic nitrogens is 3. The van der Waals surface area contributed by atoms with Crippen LogP contribution in [0.2, 0.25) is 5.15 Å². The van der Waals surface area contributed by atoms with Crippen molar-refractivity contribution in [3.05, 3.63) is 94.5 Å². The number of rotatable bonds is 11. The number of benzene rings is 2. The van der Waals surface area contributed by atoms with E-state index in [0.29, 0.717) is 23.3 Å². The molecule has 0 saturated heterocycles. The highest BCUT2D eigenvalue weighted by Gasteiger charge is 2.43. The minimum absolute atomic E-state index is 0.00521. The fourth-order valence-electron chi connectivity index (χ4n) is 3.30. The van der Waals surface area contributed by atoms with E-state index in [2.05, 4.69) is 40.8 Å². The molecule has 0 aliphatic rings. The average molecular weight is 632 g/mol. The molecule has 0 spiro atoms. The standard InChI is InChI=1S/C26H18ClF8N7O/c27-20-8-3-15(11-36-20)12-37-24-40-21(39-16-4-7-19(28)18(9-16)25(31,32)33)10-22(41-24)42-38-13-14-1-5-17(6-2-14)43-26(34,35)23(29)30/h1-11,13,23H,12H2,(H3,37,39,40,41,42)/b38-13+. The number of nitrogens with one attached hydrogen (secondary N) is 3. The molecule has 8 nitrogen and oxygen atoms in total.